The van der Waals surface area contributed by atoms with Gasteiger partial charge < -0.3 is 19.9 Å². The van der Waals surface area contributed by atoms with Crippen molar-refractivity contribution in [2.45, 2.75) is 25.8 Å². The number of ether oxygens (including phenoxy) is 1. The summed E-state index contributed by atoms with van der Waals surface area (Å²) in [6.45, 7) is 5.24. The summed E-state index contributed by atoms with van der Waals surface area (Å²) in [7, 11) is 0. The van der Waals surface area contributed by atoms with Gasteiger partial charge in [-0.25, -0.2) is 9.97 Å². The SMILES string of the molecule is CCOc1ccc(-c2cc(N3CCN(C(=O)C4CCC(=O)N4)CC3)ncn2)cc1. The average Bonchev–Trinajstić information content (AvgIpc) is 3.20. The predicted molar refractivity (Wildman–Crippen MR) is 109 cm³/mol. The third-order valence-corrected chi connectivity index (χ3v) is 5.32. The van der Waals surface area contributed by atoms with Gasteiger partial charge in [-0.3, -0.25) is 9.59 Å². The minimum Gasteiger partial charge on any atom is -0.494 e. The molecule has 1 atom stereocenters. The van der Waals surface area contributed by atoms with E-state index in [-0.39, 0.29) is 17.9 Å². The topological polar surface area (TPSA) is 87.7 Å². The van der Waals surface area contributed by atoms with Crippen LogP contribution in [0.5, 0.6) is 5.75 Å². The molecule has 1 N–H and O–H groups in total. The van der Waals surface area contributed by atoms with Crippen molar-refractivity contribution < 1.29 is 14.3 Å². The van der Waals surface area contributed by atoms with Crippen molar-refractivity contribution in [2.24, 2.45) is 0 Å². The Morgan fingerprint density at radius 3 is 2.59 bits per heavy atom. The summed E-state index contributed by atoms with van der Waals surface area (Å²) in [5, 5.41) is 2.76. The first kappa shape index (κ1) is 19.2. The van der Waals surface area contributed by atoms with Crippen molar-refractivity contribution >= 4 is 17.6 Å². The number of nitrogens with zero attached hydrogens (tertiary/aromatic N) is 4. The van der Waals surface area contributed by atoms with Crippen molar-refractivity contribution in [2.75, 3.05) is 37.7 Å². The maximum atomic E-state index is 12.6. The van der Waals surface area contributed by atoms with Crippen LogP contribution in [0.4, 0.5) is 5.82 Å². The molecule has 0 radical (unpaired) electrons. The molecule has 8 nitrogen and oxygen atoms in total. The lowest BCUT2D eigenvalue weighted by molar-refractivity contribution is -0.134. The number of piperazine rings is 1. The number of carbonyl (C=O) groups is 2. The van der Waals surface area contributed by atoms with Crippen molar-refractivity contribution in [3.63, 3.8) is 0 Å². The van der Waals surface area contributed by atoms with Crippen LogP contribution in [0.25, 0.3) is 11.3 Å². The first-order valence-corrected chi connectivity index (χ1v) is 10.0. The zero-order valence-corrected chi connectivity index (χ0v) is 16.5. The summed E-state index contributed by atoms with van der Waals surface area (Å²) in [5.74, 6) is 1.67. The summed E-state index contributed by atoms with van der Waals surface area (Å²) < 4.78 is 5.49. The first-order chi connectivity index (χ1) is 14.1. The highest BCUT2D eigenvalue weighted by Crippen LogP contribution is 2.24. The molecule has 1 aromatic heterocycles. The predicted octanol–water partition coefficient (Wildman–Crippen LogP) is 1.47. The van der Waals surface area contributed by atoms with E-state index < -0.39 is 0 Å². The Morgan fingerprint density at radius 1 is 1.17 bits per heavy atom. The number of anilines is 1. The van der Waals surface area contributed by atoms with Crippen LogP contribution in [-0.4, -0.2) is 65.5 Å². The lowest BCUT2D eigenvalue weighted by atomic mass is 10.1. The maximum Gasteiger partial charge on any atom is 0.245 e. The lowest BCUT2D eigenvalue weighted by Crippen LogP contribution is -2.53. The molecule has 2 aliphatic heterocycles. The molecule has 2 amide bonds. The van der Waals surface area contributed by atoms with E-state index in [9.17, 15) is 9.59 Å². The van der Waals surface area contributed by atoms with Crippen molar-refractivity contribution in [3.8, 4) is 17.0 Å². The van der Waals surface area contributed by atoms with Crippen LogP contribution in [0.15, 0.2) is 36.7 Å². The van der Waals surface area contributed by atoms with E-state index in [0.717, 1.165) is 22.8 Å². The third kappa shape index (κ3) is 4.31. The number of aromatic nitrogens is 2. The van der Waals surface area contributed by atoms with Crippen molar-refractivity contribution in [1.29, 1.82) is 0 Å². The second kappa shape index (κ2) is 8.46. The molecular formula is C21H25N5O3. The largest absolute Gasteiger partial charge is 0.494 e. The van der Waals surface area contributed by atoms with Gasteiger partial charge in [-0.2, -0.15) is 0 Å². The van der Waals surface area contributed by atoms with Crippen molar-refractivity contribution in [1.82, 2.24) is 20.2 Å². The highest BCUT2D eigenvalue weighted by molar-refractivity contribution is 5.91. The fourth-order valence-electron chi connectivity index (χ4n) is 3.74. The van der Waals surface area contributed by atoms with E-state index in [2.05, 4.69) is 20.2 Å². The molecule has 2 aromatic rings. The molecule has 3 heterocycles. The van der Waals surface area contributed by atoms with Gasteiger partial charge in [-0.05, 0) is 37.6 Å². The standard InChI is InChI=1S/C21H25N5O3/c1-2-29-16-5-3-15(4-6-16)18-13-19(23-14-22-18)25-9-11-26(12-10-25)21(28)17-7-8-20(27)24-17/h3-6,13-14,17H,2,7-12H2,1H3,(H,24,27). The molecular weight excluding hydrogens is 370 g/mol. The van der Waals surface area contributed by atoms with Crippen LogP contribution in [0, 0.1) is 0 Å². The Hall–Kier alpha value is -3.16. The zero-order chi connectivity index (χ0) is 20.2. The summed E-state index contributed by atoms with van der Waals surface area (Å²) >= 11 is 0. The molecule has 152 valence electrons. The quantitative estimate of drug-likeness (QED) is 0.825. The summed E-state index contributed by atoms with van der Waals surface area (Å²) in [6.07, 6.45) is 2.60. The number of nitrogens with one attached hydrogen (secondary N) is 1. The second-order valence-electron chi connectivity index (χ2n) is 7.19. The van der Waals surface area contributed by atoms with Crippen LogP contribution in [0.3, 0.4) is 0 Å². The molecule has 0 bridgehead atoms. The van der Waals surface area contributed by atoms with Gasteiger partial charge in [0.05, 0.1) is 12.3 Å². The van der Waals surface area contributed by atoms with E-state index in [1.165, 1.54) is 0 Å². The first-order valence-electron chi connectivity index (χ1n) is 10.0. The van der Waals surface area contributed by atoms with Gasteiger partial charge >= 0.3 is 0 Å². The summed E-state index contributed by atoms with van der Waals surface area (Å²) in [4.78, 5) is 36.7. The monoisotopic (exact) mass is 395 g/mol. The van der Waals surface area contributed by atoms with Gasteiger partial charge in [-0.1, -0.05) is 0 Å². The van der Waals surface area contributed by atoms with E-state index in [1.807, 2.05) is 42.2 Å². The van der Waals surface area contributed by atoms with Gasteiger partial charge in [0.15, 0.2) is 0 Å². The fourth-order valence-corrected chi connectivity index (χ4v) is 3.74. The second-order valence-corrected chi connectivity index (χ2v) is 7.19. The molecule has 0 spiro atoms. The van der Waals surface area contributed by atoms with Crippen LogP contribution in [0.1, 0.15) is 19.8 Å². The fraction of sp³-hybridized carbons (Fsp3) is 0.429. The number of hydrogen-bond acceptors (Lipinski definition) is 6. The summed E-state index contributed by atoms with van der Waals surface area (Å²) in [5.41, 5.74) is 1.85. The number of rotatable bonds is 5. The minimum atomic E-state index is -0.362. The highest BCUT2D eigenvalue weighted by Gasteiger charge is 2.32. The van der Waals surface area contributed by atoms with E-state index in [1.54, 1.807) is 6.33 Å². The van der Waals surface area contributed by atoms with E-state index >= 15 is 0 Å². The molecule has 1 unspecified atom stereocenters. The minimum absolute atomic E-state index is 0.0215. The maximum absolute atomic E-state index is 12.6. The Bertz CT molecular complexity index is 878. The van der Waals surface area contributed by atoms with Crippen LogP contribution in [0.2, 0.25) is 0 Å². The molecule has 4 rings (SSSR count). The molecule has 0 aliphatic carbocycles. The molecule has 0 saturated carbocycles. The van der Waals surface area contributed by atoms with Gasteiger partial charge in [0.25, 0.3) is 0 Å². The third-order valence-electron chi connectivity index (χ3n) is 5.32. The molecule has 29 heavy (non-hydrogen) atoms. The molecule has 8 heteroatoms. The van der Waals surface area contributed by atoms with Crippen LogP contribution in [-0.2, 0) is 9.59 Å². The smallest absolute Gasteiger partial charge is 0.245 e. The zero-order valence-electron chi connectivity index (χ0n) is 16.5. The Labute approximate surface area is 169 Å². The van der Waals surface area contributed by atoms with Gasteiger partial charge in [0, 0.05) is 44.2 Å². The molecule has 1 aromatic carbocycles. The number of amides is 2. The molecule has 2 fully saturated rings. The Morgan fingerprint density at radius 2 is 1.93 bits per heavy atom. The van der Waals surface area contributed by atoms with Gasteiger partial charge in [0.2, 0.25) is 11.8 Å². The Kier molecular flexibility index (Phi) is 5.59. The number of hydrogen-bond donors (Lipinski definition) is 1. The number of benzene rings is 1. The normalized spacial score (nSPS) is 19.2. The van der Waals surface area contributed by atoms with E-state index in [4.69, 9.17) is 4.74 Å². The Balaban J connectivity index is 1.39. The van der Waals surface area contributed by atoms with Gasteiger partial charge in [0.1, 0.15) is 23.9 Å². The van der Waals surface area contributed by atoms with E-state index in [0.29, 0.717) is 45.6 Å². The van der Waals surface area contributed by atoms with Crippen LogP contribution >= 0.6 is 0 Å². The molecule has 2 aliphatic rings. The molecule has 2 saturated heterocycles. The van der Waals surface area contributed by atoms with Gasteiger partial charge in [-0.15, -0.1) is 0 Å². The number of carbonyl (C=O) groups excluding carboxylic acids is 2. The van der Waals surface area contributed by atoms with Crippen LogP contribution < -0.4 is 15.0 Å². The lowest BCUT2D eigenvalue weighted by Gasteiger charge is -2.36. The van der Waals surface area contributed by atoms with Crippen molar-refractivity contribution in [3.05, 3.63) is 36.7 Å². The average molecular weight is 395 g/mol. The summed E-state index contributed by atoms with van der Waals surface area (Å²) in [6, 6.07) is 9.47. The highest BCUT2D eigenvalue weighted by atomic mass is 16.5.